The van der Waals surface area contributed by atoms with Crippen LogP contribution in [-0.2, 0) is 19.4 Å². The van der Waals surface area contributed by atoms with E-state index in [1.165, 1.54) is 4.73 Å². The molecule has 0 spiro atoms. The summed E-state index contributed by atoms with van der Waals surface area (Å²) in [6, 6.07) is 18.8. The Morgan fingerprint density at radius 2 is 1.61 bits per heavy atom. The van der Waals surface area contributed by atoms with Crippen molar-refractivity contribution in [3.8, 4) is 5.75 Å². The fourth-order valence-electron chi connectivity index (χ4n) is 3.37. The van der Waals surface area contributed by atoms with Crippen molar-refractivity contribution in [2.24, 2.45) is 10.2 Å². The topological polar surface area (TPSA) is 76.2 Å². The Labute approximate surface area is 162 Å². The van der Waals surface area contributed by atoms with Crippen LogP contribution in [0.3, 0.4) is 0 Å². The van der Waals surface area contributed by atoms with E-state index in [-0.39, 0.29) is 18.0 Å². The van der Waals surface area contributed by atoms with Gasteiger partial charge in [-0.25, -0.2) is 0 Å². The number of pyridine rings is 1. The molecule has 3 aromatic rings. The lowest BCUT2D eigenvalue weighted by molar-refractivity contribution is 0.0807. The fraction of sp³-hybridized carbons (Fsp3) is 0.227. The minimum Gasteiger partial charge on any atom is -0.505 e. The molecule has 6 nitrogen and oxygen atoms in total. The second-order valence-electron chi connectivity index (χ2n) is 6.72. The highest BCUT2D eigenvalue weighted by molar-refractivity contribution is 5.56. The SMILES string of the molecule is O=c1c(N=Nc2ccccc2)c(O)c2c(n1OCc1ccccc1)CCCC2. The van der Waals surface area contributed by atoms with Crippen LogP contribution in [-0.4, -0.2) is 9.84 Å². The summed E-state index contributed by atoms with van der Waals surface area (Å²) in [6.45, 7) is 0.257. The number of aromatic hydroxyl groups is 1. The van der Waals surface area contributed by atoms with Gasteiger partial charge in [0.05, 0.1) is 11.4 Å². The molecule has 0 bridgehead atoms. The lowest BCUT2D eigenvalue weighted by atomic mass is 9.95. The van der Waals surface area contributed by atoms with Gasteiger partial charge in [0.1, 0.15) is 6.61 Å². The van der Waals surface area contributed by atoms with E-state index in [1.54, 1.807) is 12.1 Å². The lowest BCUT2D eigenvalue weighted by Gasteiger charge is -2.22. The molecule has 4 rings (SSSR count). The van der Waals surface area contributed by atoms with E-state index in [9.17, 15) is 9.90 Å². The maximum absolute atomic E-state index is 13.0. The van der Waals surface area contributed by atoms with Gasteiger partial charge in [-0.05, 0) is 43.4 Å². The number of aromatic nitrogens is 1. The van der Waals surface area contributed by atoms with Crippen molar-refractivity contribution in [3.05, 3.63) is 87.8 Å². The largest absolute Gasteiger partial charge is 0.505 e. The molecule has 1 heterocycles. The van der Waals surface area contributed by atoms with Crippen LogP contribution in [0.4, 0.5) is 11.4 Å². The Morgan fingerprint density at radius 3 is 2.36 bits per heavy atom. The minimum atomic E-state index is -0.492. The summed E-state index contributed by atoms with van der Waals surface area (Å²) in [7, 11) is 0. The molecule has 0 fully saturated rings. The zero-order valence-corrected chi connectivity index (χ0v) is 15.4. The van der Waals surface area contributed by atoms with E-state index in [0.29, 0.717) is 18.5 Å². The van der Waals surface area contributed by atoms with Gasteiger partial charge in [-0.15, -0.1) is 9.84 Å². The second-order valence-corrected chi connectivity index (χ2v) is 6.72. The summed E-state index contributed by atoms with van der Waals surface area (Å²) in [5, 5.41) is 18.8. The molecule has 0 atom stereocenters. The van der Waals surface area contributed by atoms with Gasteiger partial charge in [-0.2, -0.15) is 5.11 Å². The third-order valence-electron chi connectivity index (χ3n) is 4.81. The van der Waals surface area contributed by atoms with Crippen molar-refractivity contribution in [2.45, 2.75) is 32.3 Å². The fourth-order valence-corrected chi connectivity index (χ4v) is 3.37. The Bertz CT molecular complexity index is 1040. The standard InChI is InChI=1S/C22H21N3O3/c26-21-18-13-7-8-14-19(18)25(28-15-16-9-3-1-4-10-16)22(27)20(21)24-23-17-11-5-2-6-12-17/h1-6,9-12,26H,7-8,13-15H2. The van der Waals surface area contributed by atoms with Crippen LogP contribution in [0, 0.1) is 0 Å². The number of hydrogen-bond acceptors (Lipinski definition) is 5. The van der Waals surface area contributed by atoms with Crippen molar-refractivity contribution in [1.29, 1.82) is 0 Å². The highest BCUT2D eigenvalue weighted by Crippen LogP contribution is 2.34. The van der Waals surface area contributed by atoms with Crippen LogP contribution in [0.1, 0.15) is 29.7 Å². The normalized spacial score (nSPS) is 13.4. The van der Waals surface area contributed by atoms with Gasteiger partial charge < -0.3 is 9.94 Å². The molecule has 0 saturated carbocycles. The summed E-state index contributed by atoms with van der Waals surface area (Å²) in [6.07, 6.45) is 3.27. The van der Waals surface area contributed by atoms with Crippen LogP contribution in [0.15, 0.2) is 75.7 Å². The predicted octanol–water partition coefficient (Wildman–Crippen LogP) is 4.48. The summed E-state index contributed by atoms with van der Waals surface area (Å²) >= 11 is 0. The third kappa shape index (κ3) is 3.67. The van der Waals surface area contributed by atoms with Crippen molar-refractivity contribution in [2.75, 3.05) is 0 Å². The number of fused-ring (bicyclic) bond motifs is 1. The smallest absolute Gasteiger partial charge is 0.314 e. The first-order valence-corrected chi connectivity index (χ1v) is 9.38. The first-order chi connectivity index (χ1) is 13.7. The van der Waals surface area contributed by atoms with Gasteiger partial charge >= 0.3 is 5.56 Å². The molecular formula is C22H21N3O3. The summed E-state index contributed by atoms with van der Waals surface area (Å²) in [4.78, 5) is 18.9. The van der Waals surface area contributed by atoms with Gasteiger partial charge in [0.2, 0.25) is 0 Å². The monoisotopic (exact) mass is 375 g/mol. The Balaban J connectivity index is 1.74. The Morgan fingerprint density at radius 1 is 0.929 bits per heavy atom. The molecule has 2 aromatic carbocycles. The quantitative estimate of drug-likeness (QED) is 0.668. The number of benzene rings is 2. The van der Waals surface area contributed by atoms with Crippen molar-refractivity contribution < 1.29 is 9.94 Å². The first kappa shape index (κ1) is 18.0. The molecular weight excluding hydrogens is 354 g/mol. The van der Waals surface area contributed by atoms with E-state index in [1.807, 2.05) is 48.5 Å². The Hall–Kier alpha value is -3.41. The van der Waals surface area contributed by atoms with E-state index >= 15 is 0 Å². The molecule has 6 heteroatoms. The second kappa shape index (κ2) is 8.08. The van der Waals surface area contributed by atoms with E-state index in [2.05, 4.69) is 10.2 Å². The molecule has 1 N–H and O–H groups in total. The van der Waals surface area contributed by atoms with Gasteiger partial charge in [0.15, 0.2) is 11.4 Å². The van der Waals surface area contributed by atoms with Gasteiger partial charge in [-0.1, -0.05) is 48.5 Å². The van der Waals surface area contributed by atoms with Crippen LogP contribution < -0.4 is 10.4 Å². The lowest BCUT2D eigenvalue weighted by Crippen LogP contribution is -2.32. The van der Waals surface area contributed by atoms with E-state index in [4.69, 9.17) is 4.84 Å². The molecule has 28 heavy (non-hydrogen) atoms. The first-order valence-electron chi connectivity index (χ1n) is 9.38. The molecule has 1 aliphatic rings. The Kier molecular flexibility index (Phi) is 5.19. The van der Waals surface area contributed by atoms with Crippen molar-refractivity contribution in [1.82, 2.24) is 4.73 Å². The predicted molar refractivity (Wildman–Crippen MR) is 106 cm³/mol. The number of hydrogen-bond donors (Lipinski definition) is 1. The minimum absolute atomic E-state index is 0.0843. The average Bonchev–Trinajstić information content (AvgIpc) is 2.75. The molecule has 0 aliphatic heterocycles. The highest BCUT2D eigenvalue weighted by Gasteiger charge is 2.24. The molecule has 1 aliphatic carbocycles. The average molecular weight is 375 g/mol. The highest BCUT2D eigenvalue weighted by atomic mass is 16.7. The van der Waals surface area contributed by atoms with Crippen LogP contribution in [0.25, 0.3) is 0 Å². The summed E-state index contributed by atoms with van der Waals surface area (Å²) < 4.78 is 1.29. The van der Waals surface area contributed by atoms with E-state index < -0.39 is 5.56 Å². The number of azo groups is 1. The van der Waals surface area contributed by atoms with E-state index in [0.717, 1.165) is 29.7 Å². The maximum Gasteiger partial charge on any atom is 0.314 e. The molecule has 142 valence electrons. The van der Waals surface area contributed by atoms with Crippen LogP contribution >= 0.6 is 0 Å². The van der Waals surface area contributed by atoms with Crippen molar-refractivity contribution in [3.63, 3.8) is 0 Å². The summed E-state index contributed by atoms with van der Waals surface area (Å²) in [5.41, 5.74) is 2.44. The van der Waals surface area contributed by atoms with Crippen LogP contribution in [0.2, 0.25) is 0 Å². The molecule has 0 radical (unpaired) electrons. The summed E-state index contributed by atoms with van der Waals surface area (Å²) in [5.74, 6) is -0.0843. The molecule has 0 amide bonds. The molecule has 0 saturated heterocycles. The number of rotatable bonds is 5. The van der Waals surface area contributed by atoms with Gasteiger partial charge in [-0.3, -0.25) is 4.79 Å². The zero-order valence-electron chi connectivity index (χ0n) is 15.4. The zero-order chi connectivity index (χ0) is 19.3. The number of nitrogens with zero attached hydrogens (tertiary/aromatic N) is 3. The van der Waals surface area contributed by atoms with Gasteiger partial charge in [0.25, 0.3) is 0 Å². The maximum atomic E-state index is 13.0. The molecule has 0 unspecified atom stereocenters. The van der Waals surface area contributed by atoms with Gasteiger partial charge in [0, 0.05) is 5.56 Å². The third-order valence-corrected chi connectivity index (χ3v) is 4.81. The van der Waals surface area contributed by atoms with Crippen molar-refractivity contribution >= 4 is 11.4 Å². The molecule has 1 aromatic heterocycles. The van der Waals surface area contributed by atoms with Crippen LogP contribution in [0.5, 0.6) is 5.75 Å².